The summed E-state index contributed by atoms with van der Waals surface area (Å²) < 4.78 is 0. The van der Waals surface area contributed by atoms with Crippen molar-refractivity contribution in [2.24, 2.45) is 0 Å². The van der Waals surface area contributed by atoms with Crippen LogP contribution in [0.1, 0.15) is 20.3 Å². The Kier molecular flexibility index (Phi) is 5.57. The number of nitrogens with zero attached hydrogens (tertiary/aromatic N) is 2. The molecule has 6 heteroatoms. The van der Waals surface area contributed by atoms with Crippen LogP contribution in [0.15, 0.2) is 18.3 Å². The summed E-state index contributed by atoms with van der Waals surface area (Å²) in [4.78, 5) is 17.6. The zero-order chi connectivity index (χ0) is 14.5. The van der Waals surface area contributed by atoms with E-state index in [2.05, 4.69) is 10.3 Å². The fourth-order valence-corrected chi connectivity index (χ4v) is 1.47. The quantitative estimate of drug-likeness (QED) is 0.830. The van der Waals surface area contributed by atoms with Crippen molar-refractivity contribution in [3.63, 3.8) is 0 Å². The van der Waals surface area contributed by atoms with Crippen LogP contribution >= 0.6 is 11.6 Å². The average Bonchev–Trinajstić information content (AvgIpc) is 2.37. The number of hydrogen-bond acceptors (Lipinski definition) is 4. The molecule has 2 N–H and O–H groups in total. The number of aliphatic hydroxyl groups is 1. The van der Waals surface area contributed by atoms with Crippen LogP contribution in [-0.4, -0.2) is 41.7 Å². The molecular formula is C13H20ClN3O2. The van der Waals surface area contributed by atoms with Gasteiger partial charge in [-0.1, -0.05) is 18.5 Å². The fraction of sp³-hybridized carbons (Fsp3) is 0.538. The van der Waals surface area contributed by atoms with Crippen LogP contribution in [-0.2, 0) is 4.79 Å². The van der Waals surface area contributed by atoms with Crippen LogP contribution < -0.4 is 10.2 Å². The highest BCUT2D eigenvalue weighted by molar-refractivity contribution is 6.30. The normalized spacial score (nSPS) is 13.7. The molecule has 19 heavy (non-hydrogen) atoms. The molecule has 1 heterocycles. The van der Waals surface area contributed by atoms with Gasteiger partial charge in [0.1, 0.15) is 5.82 Å². The molecule has 1 rings (SSSR count). The van der Waals surface area contributed by atoms with E-state index in [1.54, 1.807) is 31.0 Å². The van der Waals surface area contributed by atoms with E-state index in [1.165, 1.54) is 6.20 Å². The molecule has 1 amide bonds. The molecule has 0 aliphatic carbocycles. The maximum atomic E-state index is 11.7. The number of pyridine rings is 1. The van der Waals surface area contributed by atoms with E-state index in [4.69, 9.17) is 11.6 Å². The first-order chi connectivity index (χ1) is 8.84. The van der Waals surface area contributed by atoms with Crippen molar-refractivity contribution in [3.05, 3.63) is 23.4 Å². The van der Waals surface area contributed by atoms with Gasteiger partial charge in [0.2, 0.25) is 5.91 Å². The maximum absolute atomic E-state index is 11.7. The zero-order valence-corrected chi connectivity index (χ0v) is 12.2. The molecule has 1 aromatic heterocycles. The van der Waals surface area contributed by atoms with E-state index in [1.807, 2.05) is 6.92 Å². The van der Waals surface area contributed by atoms with Crippen molar-refractivity contribution in [1.82, 2.24) is 10.3 Å². The Bertz CT molecular complexity index is 420. The first-order valence-corrected chi connectivity index (χ1v) is 6.53. The van der Waals surface area contributed by atoms with Crippen molar-refractivity contribution >= 4 is 23.3 Å². The molecule has 0 aliphatic rings. The molecule has 0 aromatic carbocycles. The summed E-state index contributed by atoms with van der Waals surface area (Å²) in [6.45, 7) is 3.98. The molecule has 106 valence electrons. The van der Waals surface area contributed by atoms with Crippen molar-refractivity contribution in [3.8, 4) is 0 Å². The second-order valence-corrected chi connectivity index (χ2v) is 5.25. The Morgan fingerprint density at radius 3 is 2.79 bits per heavy atom. The van der Waals surface area contributed by atoms with Crippen LogP contribution in [0.2, 0.25) is 5.02 Å². The smallest absolute Gasteiger partial charge is 0.239 e. The number of carbonyl (C=O) groups excluding carboxylic acids is 1. The Labute approximate surface area is 118 Å². The number of likely N-dealkylation sites (N-methyl/N-ethyl adjacent to an activating group) is 1. The van der Waals surface area contributed by atoms with E-state index in [9.17, 15) is 9.90 Å². The fourth-order valence-electron chi connectivity index (χ4n) is 1.36. The lowest BCUT2D eigenvalue weighted by Crippen LogP contribution is -2.43. The highest BCUT2D eigenvalue weighted by Crippen LogP contribution is 2.12. The van der Waals surface area contributed by atoms with Gasteiger partial charge in [-0.05, 0) is 25.5 Å². The number of halogens is 1. The number of hydrogen-bond donors (Lipinski definition) is 2. The van der Waals surface area contributed by atoms with Crippen molar-refractivity contribution in [2.45, 2.75) is 25.9 Å². The SMILES string of the molecule is CCC(C)(O)CNC(=O)CN(C)c1ccc(Cl)cn1. The molecule has 5 nitrogen and oxygen atoms in total. The lowest BCUT2D eigenvalue weighted by Gasteiger charge is -2.23. The minimum Gasteiger partial charge on any atom is -0.388 e. The van der Waals surface area contributed by atoms with Crippen LogP contribution in [0.5, 0.6) is 0 Å². The van der Waals surface area contributed by atoms with Gasteiger partial charge in [-0.25, -0.2) is 4.98 Å². The number of nitrogens with one attached hydrogen (secondary N) is 1. The molecule has 0 fully saturated rings. The average molecular weight is 286 g/mol. The number of amides is 1. The van der Waals surface area contributed by atoms with E-state index >= 15 is 0 Å². The van der Waals surface area contributed by atoms with Gasteiger partial charge in [0.25, 0.3) is 0 Å². The van der Waals surface area contributed by atoms with Gasteiger partial charge in [0, 0.05) is 19.8 Å². The summed E-state index contributed by atoms with van der Waals surface area (Å²) >= 11 is 5.75. The third kappa shape index (κ3) is 5.44. The topological polar surface area (TPSA) is 65.5 Å². The van der Waals surface area contributed by atoms with Crippen LogP contribution in [0, 0.1) is 0 Å². The summed E-state index contributed by atoms with van der Waals surface area (Å²) in [7, 11) is 1.77. The minimum absolute atomic E-state index is 0.159. The molecule has 0 aliphatic heterocycles. The first kappa shape index (κ1) is 15.7. The van der Waals surface area contributed by atoms with E-state index in [-0.39, 0.29) is 19.0 Å². The summed E-state index contributed by atoms with van der Waals surface area (Å²) in [5.41, 5.74) is -0.868. The van der Waals surface area contributed by atoms with E-state index in [0.717, 1.165) is 0 Å². The Balaban J connectivity index is 2.46. The van der Waals surface area contributed by atoms with Gasteiger partial charge in [-0.2, -0.15) is 0 Å². The standard InChI is InChI=1S/C13H20ClN3O2/c1-4-13(2,19)9-16-12(18)8-17(3)11-6-5-10(14)7-15-11/h5-7,19H,4,8-9H2,1-3H3,(H,16,18). The third-order valence-electron chi connectivity index (χ3n) is 2.91. The number of carbonyl (C=O) groups is 1. The van der Waals surface area contributed by atoms with Crippen molar-refractivity contribution in [1.29, 1.82) is 0 Å². The Hall–Kier alpha value is -1.33. The maximum Gasteiger partial charge on any atom is 0.239 e. The lowest BCUT2D eigenvalue weighted by atomic mass is 10.0. The van der Waals surface area contributed by atoms with Crippen molar-refractivity contribution in [2.75, 3.05) is 25.0 Å². The van der Waals surface area contributed by atoms with Gasteiger partial charge < -0.3 is 15.3 Å². The second kappa shape index (κ2) is 6.73. The highest BCUT2D eigenvalue weighted by atomic mass is 35.5. The molecule has 0 bridgehead atoms. The molecular weight excluding hydrogens is 266 g/mol. The van der Waals surface area contributed by atoms with Gasteiger partial charge in [0.15, 0.2) is 0 Å². The highest BCUT2D eigenvalue weighted by Gasteiger charge is 2.18. The number of rotatable bonds is 6. The van der Waals surface area contributed by atoms with Gasteiger partial charge in [-0.3, -0.25) is 4.79 Å². The molecule has 1 unspecified atom stereocenters. The third-order valence-corrected chi connectivity index (χ3v) is 3.14. The van der Waals surface area contributed by atoms with Gasteiger partial charge >= 0.3 is 0 Å². The predicted molar refractivity (Wildman–Crippen MR) is 76.4 cm³/mol. The van der Waals surface area contributed by atoms with Crippen LogP contribution in [0.3, 0.4) is 0 Å². The molecule has 1 atom stereocenters. The molecule has 1 aromatic rings. The largest absolute Gasteiger partial charge is 0.388 e. The molecule has 0 spiro atoms. The van der Waals surface area contributed by atoms with Crippen LogP contribution in [0.25, 0.3) is 0 Å². The monoisotopic (exact) mass is 285 g/mol. The number of anilines is 1. The summed E-state index contributed by atoms with van der Waals surface area (Å²) in [6, 6.07) is 3.47. The predicted octanol–water partition coefficient (Wildman–Crippen LogP) is 1.45. The van der Waals surface area contributed by atoms with E-state index in [0.29, 0.717) is 17.3 Å². The number of aromatic nitrogens is 1. The Morgan fingerprint density at radius 2 is 2.26 bits per heavy atom. The lowest BCUT2D eigenvalue weighted by molar-refractivity contribution is -0.120. The van der Waals surface area contributed by atoms with Crippen molar-refractivity contribution < 1.29 is 9.90 Å². The Morgan fingerprint density at radius 1 is 1.58 bits per heavy atom. The first-order valence-electron chi connectivity index (χ1n) is 6.16. The summed E-state index contributed by atoms with van der Waals surface area (Å²) in [5, 5.41) is 13.1. The molecule has 0 saturated carbocycles. The summed E-state index contributed by atoms with van der Waals surface area (Å²) in [5.74, 6) is 0.509. The molecule has 0 saturated heterocycles. The second-order valence-electron chi connectivity index (χ2n) is 4.82. The molecule has 0 radical (unpaired) electrons. The van der Waals surface area contributed by atoms with Gasteiger partial charge in [0.05, 0.1) is 17.2 Å². The van der Waals surface area contributed by atoms with E-state index < -0.39 is 5.60 Å². The zero-order valence-electron chi connectivity index (χ0n) is 11.5. The van der Waals surface area contributed by atoms with Crippen LogP contribution in [0.4, 0.5) is 5.82 Å². The van der Waals surface area contributed by atoms with Gasteiger partial charge in [-0.15, -0.1) is 0 Å². The minimum atomic E-state index is -0.868. The summed E-state index contributed by atoms with van der Waals surface area (Å²) in [6.07, 6.45) is 2.12.